The summed E-state index contributed by atoms with van der Waals surface area (Å²) in [4.78, 5) is 2.36. The minimum Gasteiger partial charge on any atom is -0.395 e. The molecule has 0 spiro atoms. The Labute approximate surface area is 122 Å². The number of hydrogen-bond donors (Lipinski definition) is 1. The van der Waals surface area contributed by atoms with Crippen molar-refractivity contribution < 1.29 is 9.84 Å². The third-order valence-corrected chi connectivity index (χ3v) is 4.35. The Morgan fingerprint density at radius 3 is 2.50 bits per heavy atom. The molecule has 0 aromatic heterocycles. The van der Waals surface area contributed by atoms with Crippen molar-refractivity contribution in [1.82, 2.24) is 4.90 Å². The molecule has 20 heavy (non-hydrogen) atoms. The fourth-order valence-corrected chi connectivity index (χ4v) is 3.10. The van der Waals surface area contributed by atoms with Crippen LogP contribution in [0.4, 0.5) is 0 Å². The summed E-state index contributed by atoms with van der Waals surface area (Å²) in [6, 6.07) is 10.3. The second-order valence-electron chi connectivity index (χ2n) is 6.34. The molecule has 1 aromatic rings. The lowest BCUT2D eigenvalue weighted by Crippen LogP contribution is -2.42. The molecule has 1 atom stereocenters. The van der Waals surface area contributed by atoms with E-state index in [0.29, 0.717) is 0 Å². The minimum absolute atomic E-state index is 0.176. The van der Waals surface area contributed by atoms with Crippen LogP contribution in [0.1, 0.15) is 25.3 Å². The van der Waals surface area contributed by atoms with Crippen LogP contribution >= 0.6 is 0 Å². The van der Waals surface area contributed by atoms with Gasteiger partial charge in [-0.1, -0.05) is 37.3 Å². The van der Waals surface area contributed by atoms with E-state index >= 15 is 0 Å². The maximum Gasteiger partial charge on any atom is 0.0537 e. The highest BCUT2D eigenvalue weighted by Crippen LogP contribution is 2.25. The molecular weight excluding hydrogens is 250 g/mol. The number of hydrogen-bond acceptors (Lipinski definition) is 3. The van der Waals surface area contributed by atoms with Gasteiger partial charge in [-0.25, -0.2) is 0 Å². The van der Waals surface area contributed by atoms with E-state index in [4.69, 9.17) is 4.74 Å². The van der Waals surface area contributed by atoms with Gasteiger partial charge in [-0.05, 0) is 31.4 Å². The van der Waals surface area contributed by atoms with Crippen molar-refractivity contribution in [3.05, 3.63) is 35.9 Å². The molecule has 2 rings (SSSR count). The van der Waals surface area contributed by atoms with Crippen molar-refractivity contribution in [2.75, 3.05) is 40.0 Å². The van der Waals surface area contributed by atoms with Crippen LogP contribution in [0.3, 0.4) is 0 Å². The maximum absolute atomic E-state index is 9.85. The van der Waals surface area contributed by atoms with Gasteiger partial charge in [0.05, 0.1) is 6.61 Å². The van der Waals surface area contributed by atoms with E-state index in [1.54, 1.807) is 0 Å². The highest BCUT2D eigenvalue weighted by Gasteiger charge is 2.28. The molecule has 1 saturated heterocycles. The van der Waals surface area contributed by atoms with Gasteiger partial charge in [0.2, 0.25) is 0 Å². The number of rotatable bonds is 6. The first-order chi connectivity index (χ1) is 9.64. The van der Waals surface area contributed by atoms with Crippen LogP contribution in [-0.4, -0.2) is 50.0 Å². The largest absolute Gasteiger partial charge is 0.395 e. The number of benzene rings is 1. The van der Waals surface area contributed by atoms with E-state index in [1.165, 1.54) is 5.56 Å². The predicted molar refractivity (Wildman–Crippen MR) is 81.9 cm³/mol. The first-order valence-corrected chi connectivity index (χ1v) is 7.57. The third-order valence-electron chi connectivity index (χ3n) is 4.35. The Morgan fingerprint density at radius 1 is 1.25 bits per heavy atom. The zero-order chi connectivity index (χ0) is 14.4. The highest BCUT2D eigenvalue weighted by atomic mass is 16.5. The summed E-state index contributed by atoms with van der Waals surface area (Å²) in [5.74, 6) is 0.729. The van der Waals surface area contributed by atoms with Crippen LogP contribution < -0.4 is 0 Å². The summed E-state index contributed by atoms with van der Waals surface area (Å²) in [5, 5.41) is 9.85. The van der Waals surface area contributed by atoms with Crippen molar-refractivity contribution >= 4 is 0 Å². The lowest BCUT2D eigenvalue weighted by Gasteiger charge is -2.35. The summed E-state index contributed by atoms with van der Waals surface area (Å²) in [5.41, 5.74) is 1.02. The molecule has 3 heteroatoms. The molecule has 1 heterocycles. The molecule has 1 unspecified atom stereocenters. The van der Waals surface area contributed by atoms with Gasteiger partial charge in [-0.15, -0.1) is 0 Å². The molecule has 0 bridgehead atoms. The fourth-order valence-electron chi connectivity index (χ4n) is 3.10. The molecule has 1 aromatic carbocycles. The standard InChI is InChI=1S/C17H27NO2/c1-17(14-19,16-6-4-3-5-7-16)13-18(2)12-15-8-10-20-11-9-15/h3-7,15,19H,8-14H2,1-2H3. The van der Waals surface area contributed by atoms with Gasteiger partial charge in [0.15, 0.2) is 0 Å². The normalized spacial score (nSPS) is 20.0. The number of aliphatic hydroxyl groups is 1. The van der Waals surface area contributed by atoms with Crippen LogP contribution in [-0.2, 0) is 10.2 Å². The van der Waals surface area contributed by atoms with E-state index in [1.807, 2.05) is 18.2 Å². The first kappa shape index (κ1) is 15.5. The maximum atomic E-state index is 9.85. The Bertz CT molecular complexity index is 389. The average molecular weight is 277 g/mol. The summed E-state index contributed by atoms with van der Waals surface area (Å²) in [6.07, 6.45) is 2.32. The number of likely N-dealkylation sites (N-methyl/N-ethyl adjacent to an activating group) is 1. The SMILES string of the molecule is CN(CC1CCOCC1)CC(C)(CO)c1ccccc1. The highest BCUT2D eigenvalue weighted by molar-refractivity contribution is 5.25. The smallest absolute Gasteiger partial charge is 0.0537 e. The first-order valence-electron chi connectivity index (χ1n) is 7.57. The molecule has 1 aliphatic rings. The van der Waals surface area contributed by atoms with Gasteiger partial charge in [-0.3, -0.25) is 0 Å². The van der Waals surface area contributed by atoms with Gasteiger partial charge in [0.25, 0.3) is 0 Å². The molecule has 0 amide bonds. The molecule has 0 saturated carbocycles. The van der Waals surface area contributed by atoms with E-state index in [0.717, 1.165) is 45.1 Å². The van der Waals surface area contributed by atoms with E-state index < -0.39 is 0 Å². The lowest BCUT2D eigenvalue weighted by atomic mass is 9.82. The Kier molecular flexibility index (Phi) is 5.58. The quantitative estimate of drug-likeness (QED) is 0.866. The number of ether oxygens (including phenoxy) is 1. The van der Waals surface area contributed by atoms with Crippen LogP contribution in [0.25, 0.3) is 0 Å². The van der Waals surface area contributed by atoms with Gasteiger partial charge < -0.3 is 14.7 Å². The van der Waals surface area contributed by atoms with E-state index in [9.17, 15) is 5.11 Å². The van der Waals surface area contributed by atoms with Gasteiger partial charge in [-0.2, -0.15) is 0 Å². The molecule has 1 aliphatic heterocycles. The summed E-state index contributed by atoms with van der Waals surface area (Å²) >= 11 is 0. The van der Waals surface area contributed by atoms with Crippen LogP contribution in [0.2, 0.25) is 0 Å². The van der Waals surface area contributed by atoms with Crippen molar-refractivity contribution in [3.8, 4) is 0 Å². The van der Waals surface area contributed by atoms with Crippen molar-refractivity contribution in [3.63, 3.8) is 0 Å². The van der Waals surface area contributed by atoms with Gasteiger partial charge in [0.1, 0.15) is 0 Å². The Hall–Kier alpha value is -0.900. The summed E-state index contributed by atoms with van der Waals surface area (Å²) in [7, 11) is 2.16. The lowest BCUT2D eigenvalue weighted by molar-refractivity contribution is 0.0510. The van der Waals surface area contributed by atoms with Crippen molar-refractivity contribution in [2.45, 2.75) is 25.2 Å². The van der Waals surface area contributed by atoms with Crippen molar-refractivity contribution in [2.24, 2.45) is 5.92 Å². The van der Waals surface area contributed by atoms with Gasteiger partial charge in [0, 0.05) is 31.7 Å². The van der Waals surface area contributed by atoms with E-state index in [2.05, 4.69) is 31.0 Å². The minimum atomic E-state index is -0.193. The summed E-state index contributed by atoms with van der Waals surface area (Å²) in [6.45, 7) is 6.08. The second kappa shape index (κ2) is 7.21. The summed E-state index contributed by atoms with van der Waals surface area (Å²) < 4.78 is 5.41. The Balaban J connectivity index is 1.94. The molecule has 0 radical (unpaired) electrons. The second-order valence-corrected chi connectivity index (χ2v) is 6.34. The average Bonchev–Trinajstić information content (AvgIpc) is 2.49. The monoisotopic (exact) mass is 277 g/mol. The Morgan fingerprint density at radius 2 is 1.90 bits per heavy atom. The third kappa shape index (κ3) is 4.05. The number of nitrogens with zero attached hydrogens (tertiary/aromatic N) is 1. The topological polar surface area (TPSA) is 32.7 Å². The molecule has 1 N–H and O–H groups in total. The molecule has 112 valence electrons. The van der Waals surface area contributed by atoms with Crippen LogP contribution in [0.5, 0.6) is 0 Å². The molecule has 0 aliphatic carbocycles. The van der Waals surface area contributed by atoms with Crippen LogP contribution in [0, 0.1) is 5.92 Å². The fraction of sp³-hybridized carbons (Fsp3) is 0.647. The van der Waals surface area contributed by atoms with E-state index in [-0.39, 0.29) is 12.0 Å². The number of aliphatic hydroxyl groups excluding tert-OH is 1. The van der Waals surface area contributed by atoms with Gasteiger partial charge >= 0.3 is 0 Å². The van der Waals surface area contributed by atoms with Crippen molar-refractivity contribution in [1.29, 1.82) is 0 Å². The zero-order valence-corrected chi connectivity index (χ0v) is 12.7. The molecule has 1 fully saturated rings. The zero-order valence-electron chi connectivity index (χ0n) is 12.7. The molecule has 3 nitrogen and oxygen atoms in total. The predicted octanol–water partition coefficient (Wildman–Crippen LogP) is 2.29. The molecular formula is C17H27NO2. The van der Waals surface area contributed by atoms with Crippen LogP contribution in [0.15, 0.2) is 30.3 Å².